The SMILES string of the molecule is Cc1nnc(Sc2nnc3ccccn23)c(C#N)c1C. The molecule has 0 spiro atoms. The number of aryl methyl sites for hydroxylation is 1. The Morgan fingerprint density at radius 2 is 2.00 bits per heavy atom. The maximum Gasteiger partial charge on any atom is 0.202 e. The first kappa shape index (κ1) is 12.6. The Bertz CT molecular complexity index is 832. The highest BCUT2D eigenvalue weighted by molar-refractivity contribution is 7.99. The number of nitrogens with zero attached hydrogens (tertiary/aromatic N) is 6. The van der Waals surface area contributed by atoms with Gasteiger partial charge in [-0.2, -0.15) is 10.4 Å². The average molecular weight is 282 g/mol. The minimum Gasteiger partial charge on any atom is -0.277 e. The van der Waals surface area contributed by atoms with Gasteiger partial charge in [-0.15, -0.1) is 15.3 Å². The molecule has 3 rings (SSSR count). The number of hydrogen-bond acceptors (Lipinski definition) is 6. The maximum atomic E-state index is 9.29. The highest BCUT2D eigenvalue weighted by atomic mass is 32.2. The maximum absolute atomic E-state index is 9.29. The van der Waals surface area contributed by atoms with E-state index in [0.29, 0.717) is 15.7 Å². The lowest BCUT2D eigenvalue weighted by Gasteiger charge is -2.05. The Kier molecular flexibility index (Phi) is 3.08. The van der Waals surface area contributed by atoms with Gasteiger partial charge in [-0.1, -0.05) is 6.07 Å². The van der Waals surface area contributed by atoms with E-state index in [0.717, 1.165) is 16.9 Å². The molecule has 0 radical (unpaired) electrons. The zero-order chi connectivity index (χ0) is 14.1. The second-order valence-corrected chi connectivity index (χ2v) is 5.17. The molecule has 98 valence electrons. The fourth-order valence-corrected chi connectivity index (χ4v) is 2.66. The fourth-order valence-electron chi connectivity index (χ4n) is 1.77. The molecule has 0 aliphatic heterocycles. The van der Waals surface area contributed by atoms with E-state index < -0.39 is 0 Å². The third kappa shape index (κ3) is 2.00. The normalized spacial score (nSPS) is 10.7. The molecule has 0 unspecified atom stereocenters. The van der Waals surface area contributed by atoms with E-state index in [2.05, 4.69) is 26.5 Å². The monoisotopic (exact) mass is 282 g/mol. The summed E-state index contributed by atoms with van der Waals surface area (Å²) < 4.78 is 1.85. The summed E-state index contributed by atoms with van der Waals surface area (Å²) in [5.74, 6) is 0. The number of nitriles is 1. The fraction of sp³-hybridized carbons (Fsp3) is 0.154. The van der Waals surface area contributed by atoms with E-state index in [-0.39, 0.29) is 0 Å². The van der Waals surface area contributed by atoms with Gasteiger partial charge in [0.2, 0.25) is 5.16 Å². The van der Waals surface area contributed by atoms with Gasteiger partial charge in [-0.25, -0.2) is 0 Å². The summed E-state index contributed by atoms with van der Waals surface area (Å²) in [6, 6.07) is 7.85. The Morgan fingerprint density at radius 1 is 1.15 bits per heavy atom. The van der Waals surface area contributed by atoms with Crippen LogP contribution in [0.25, 0.3) is 5.65 Å². The lowest BCUT2D eigenvalue weighted by Crippen LogP contribution is -1.99. The summed E-state index contributed by atoms with van der Waals surface area (Å²) >= 11 is 1.29. The number of pyridine rings is 1. The zero-order valence-electron chi connectivity index (χ0n) is 10.9. The van der Waals surface area contributed by atoms with Crippen molar-refractivity contribution in [1.82, 2.24) is 24.8 Å². The molecule has 0 fully saturated rings. The second kappa shape index (κ2) is 4.90. The molecule has 0 saturated carbocycles. The molecule has 0 aromatic carbocycles. The van der Waals surface area contributed by atoms with Crippen molar-refractivity contribution in [2.75, 3.05) is 0 Å². The molecule has 0 bridgehead atoms. The van der Waals surface area contributed by atoms with Gasteiger partial charge in [0, 0.05) is 6.20 Å². The molecule has 3 aromatic heterocycles. The molecule has 0 atom stereocenters. The van der Waals surface area contributed by atoms with Crippen LogP contribution < -0.4 is 0 Å². The van der Waals surface area contributed by atoms with E-state index in [9.17, 15) is 5.26 Å². The molecule has 0 N–H and O–H groups in total. The van der Waals surface area contributed by atoms with E-state index in [4.69, 9.17) is 0 Å². The van der Waals surface area contributed by atoms with Crippen molar-refractivity contribution in [3.8, 4) is 6.07 Å². The first-order chi connectivity index (χ1) is 9.70. The van der Waals surface area contributed by atoms with Crippen LogP contribution in [0.4, 0.5) is 0 Å². The molecule has 0 saturated heterocycles. The molecule has 6 nitrogen and oxygen atoms in total. The van der Waals surface area contributed by atoms with E-state index in [1.807, 2.05) is 42.6 Å². The third-order valence-electron chi connectivity index (χ3n) is 3.00. The van der Waals surface area contributed by atoms with Crippen molar-refractivity contribution in [3.63, 3.8) is 0 Å². The summed E-state index contributed by atoms with van der Waals surface area (Å²) in [4.78, 5) is 0. The molecule has 0 aliphatic rings. The lowest BCUT2D eigenvalue weighted by atomic mass is 10.1. The highest BCUT2D eigenvalue weighted by Crippen LogP contribution is 2.28. The van der Waals surface area contributed by atoms with Crippen LogP contribution in [0.15, 0.2) is 34.6 Å². The van der Waals surface area contributed by atoms with Gasteiger partial charge in [0.1, 0.15) is 11.1 Å². The van der Waals surface area contributed by atoms with Crippen LogP contribution in [0.2, 0.25) is 0 Å². The van der Waals surface area contributed by atoms with Gasteiger partial charge in [-0.3, -0.25) is 4.40 Å². The van der Waals surface area contributed by atoms with Gasteiger partial charge in [0.25, 0.3) is 0 Å². The topological polar surface area (TPSA) is 79.8 Å². The molecular formula is C13H10N6S. The van der Waals surface area contributed by atoms with Crippen LogP contribution in [0.3, 0.4) is 0 Å². The van der Waals surface area contributed by atoms with Crippen molar-refractivity contribution >= 4 is 17.4 Å². The summed E-state index contributed by atoms with van der Waals surface area (Å²) in [6.45, 7) is 3.71. The largest absolute Gasteiger partial charge is 0.277 e. The molecule has 3 aromatic rings. The Morgan fingerprint density at radius 3 is 2.80 bits per heavy atom. The average Bonchev–Trinajstić information content (AvgIpc) is 2.87. The van der Waals surface area contributed by atoms with Gasteiger partial charge in [0.15, 0.2) is 5.65 Å². The predicted molar refractivity (Wildman–Crippen MR) is 73.3 cm³/mol. The van der Waals surface area contributed by atoms with Crippen molar-refractivity contribution in [3.05, 3.63) is 41.2 Å². The third-order valence-corrected chi connectivity index (χ3v) is 3.94. The smallest absolute Gasteiger partial charge is 0.202 e. The van der Waals surface area contributed by atoms with E-state index in [1.54, 1.807) is 0 Å². The Hall–Kier alpha value is -2.46. The summed E-state index contributed by atoms with van der Waals surface area (Å²) in [5.41, 5.74) is 2.90. The first-order valence-corrected chi connectivity index (χ1v) is 6.74. The quantitative estimate of drug-likeness (QED) is 0.716. The minimum absolute atomic E-state index is 0.537. The van der Waals surface area contributed by atoms with E-state index in [1.165, 1.54) is 11.8 Å². The predicted octanol–water partition coefficient (Wildman–Crippen LogP) is 2.16. The Labute approximate surface area is 119 Å². The van der Waals surface area contributed by atoms with Gasteiger partial charge < -0.3 is 0 Å². The number of aromatic nitrogens is 5. The van der Waals surface area contributed by atoms with Crippen LogP contribution >= 0.6 is 11.8 Å². The molecule has 3 heterocycles. The Balaban J connectivity index is 2.08. The highest BCUT2D eigenvalue weighted by Gasteiger charge is 2.15. The first-order valence-electron chi connectivity index (χ1n) is 5.92. The molecule has 0 aliphatic carbocycles. The number of hydrogen-bond donors (Lipinski definition) is 0. The molecule has 20 heavy (non-hydrogen) atoms. The molecular weight excluding hydrogens is 272 g/mol. The minimum atomic E-state index is 0.537. The van der Waals surface area contributed by atoms with Gasteiger partial charge in [-0.05, 0) is 43.3 Å². The van der Waals surface area contributed by atoms with Crippen molar-refractivity contribution < 1.29 is 0 Å². The molecule has 7 heteroatoms. The van der Waals surface area contributed by atoms with Gasteiger partial charge >= 0.3 is 0 Å². The van der Waals surface area contributed by atoms with Crippen LogP contribution in [0, 0.1) is 25.2 Å². The van der Waals surface area contributed by atoms with Crippen LogP contribution in [-0.2, 0) is 0 Å². The summed E-state index contributed by atoms with van der Waals surface area (Å²) in [7, 11) is 0. The summed E-state index contributed by atoms with van der Waals surface area (Å²) in [5, 5.41) is 26.9. The van der Waals surface area contributed by atoms with Crippen LogP contribution in [0.5, 0.6) is 0 Å². The van der Waals surface area contributed by atoms with E-state index >= 15 is 0 Å². The standard InChI is InChI=1S/C13H10N6S/c1-8-9(2)15-17-12(10(8)7-14)20-13-18-16-11-5-3-4-6-19(11)13/h3-6H,1-2H3. The zero-order valence-corrected chi connectivity index (χ0v) is 11.7. The second-order valence-electron chi connectivity index (χ2n) is 4.22. The van der Waals surface area contributed by atoms with Gasteiger partial charge in [0.05, 0.1) is 11.3 Å². The number of fused-ring (bicyclic) bond motifs is 1. The van der Waals surface area contributed by atoms with Crippen LogP contribution in [0.1, 0.15) is 16.8 Å². The summed E-state index contributed by atoms with van der Waals surface area (Å²) in [6.07, 6.45) is 1.87. The molecule has 0 amide bonds. The lowest BCUT2D eigenvalue weighted by molar-refractivity contribution is 0.858. The van der Waals surface area contributed by atoms with Crippen molar-refractivity contribution in [1.29, 1.82) is 5.26 Å². The van der Waals surface area contributed by atoms with Crippen molar-refractivity contribution in [2.45, 2.75) is 24.0 Å². The van der Waals surface area contributed by atoms with Crippen LogP contribution in [-0.4, -0.2) is 24.8 Å². The number of rotatable bonds is 2. The van der Waals surface area contributed by atoms with Crippen molar-refractivity contribution in [2.24, 2.45) is 0 Å².